The molecule has 154 valence electrons. The summed E-state index contributed by atoms with van der Waals surface area (Å²) in [6.07, 6.45) is -1.22. The number of imidazole rings is 1. The van der Waals surface area contributed by atoms with Crippen LogP contribution in [0.15, 0.2) is 18.3 Å². The maximum absolute atomic E-state index is 14.9. The summed E-state index contributed by atoms with van der Waals surface area (Å²) >= 11 is 0.812. The maximum atomic E-state index is 14.9. The van der Waals surface area contributed by atoms with Crippen LogP contribution in [0.25, 0.3) is 11.4 Å². The number of nitrogens with zero attached hydrogens (tertiary/aromatic N) is 3. The van der Waals surface area contributed by atoms with Crippen LogP contribution >= 0.6 is 11.8 Å². The van der Waals surface area contributed by atoms with Crippen LogP contribution in [0.4, 0.5) is 29.5 Å². The van der Waals surface area contributed by atoms with Crippen LogP contribution in [0.5, 0.6) is 5.75 Å². The van der Waals surface area contributed by atoms with Crippen molar-refractivity contribution in [3.8, 4) is 17.1 Å². The van der Waals surface area contributed by atoms with E-state index in [-0.39, 0.29) is 42.7 Å². The molecule has 0 saturated carbocycles. The van der Waals surface area contributed by atoms with Crippen LogP contribution in [0, 0.1) is 5.82 Å². The fourth-order valence-corrected chi connectivity index (χ4v) is 4.20. The lowest BCUT2D eigenvalue weighted by Crippen LogP contribution is -2.38. The van der Waals surface area contributed by atoms with Crippen molar-refractivity contribution >= 4 is 34.4 Å². The molecule has 1 aromatic heterocycles. The van der Waals surface area contributed by atoms with Crippen LogP contribution in [0.2, 0.25) is 0 Å². The third-order valence-corrected chi connectivity index (χ3v) is 5.53. The van der Waals surface area contributed by atoms with Gasteiger partial charge in [0, 0.05) is 11.9 Å². The van der Waals surface area contributed by atoms with E-state index in [0.29, 0.717) is 11.4 Å². The molecule has 1 aromatic carbocycles. The predicted molar refractivity (Wildman–Crippen MR) is 101 cm³/mol. The number of ether oxygens (including phenoxy) is 1. The molecule has 1 unspecified atom stereocenters. The minimum absolute atomic E-state index is 0.0259. The molecule has 1 fully saturated rings. The van der Waals surface area contributed by atoms with E-state index in [0.717, 1.165) is 16.7 Å². The number of alkyl halides is 2. The average molecular weight is 427 g/mol. The Labute approximate surface area is 167 Å². The summed E-state index contributed by atoms with van der Waals surface area (Å²) in [5, 5.41) is 2.08. The number of nitrogens with two attached hydrogens (primary N) is 1. The molecule has 3 N–H and O–H groups in total. The first-order valence-electron chi connectivity index (χ1n) is 8.66. The topological polar surface area (TPSA) is 102 Å². The van der Waals surface area contributed by atoms with Crippen molar-refractivity contribution in [1.29, 1.82) is 0 Å². The summed E-state index contributed by atoms with van der Waals surface area (Å²) in [6.45, 7) is 0.139. The second-order valence-corrected chi connectivity index (χ2v) is 7.41. The van der Waals surface area contributed by atoms with Crippen molar-refractivity contribution in [2.75, 3.05) is 29.1 Å². The lowest BCUT2D eigenvalue weighted by molar-refractivity contribution is -0.116. The van der Waals surface area contributed by atoms with Crippen LogP contribution in [-0.4, -0.2) is 52.1 Å². The number of carbonyl (C=O) groups excluding carboxylic acids is 2. The Morgan fingerprint density at radius 2 is 2.24 bits per heavy atom. The van der Waals surface area contributed by atoms with Gasteiger partial charge < -0.3 is 20.4 Å². The van der Waals surface area contributed by atoms with Gasteiger partial charge in [-0.2, -0.15) is 0 Å². The summed E-state index contributed by atoms with van der Waals surface area (Å²) < 4.78 is 48.6. The Kier molecular flexibility index (Phi) is 5.03. The standard InChI is InChI=1S/C17H16F3N5O3S/c18-13-9(22-5-11(21)26)2-1-8-14(13)28-4-3-24-6-12(23-16(8)24)25-10(15(19)20)7-29-17(25)27/h1-2,6,10,15,22H,3-5,7H2,(H2,21,26). The van der Waals surface area contributed by atoms with Crippen molar-refractivity contribution in [1.82, 2.24) is 9.55 Å². The third-order valence-electron chi connectivity index (χ3n) is 4.58. The van der Waals surface area contributed by atoms with Crippen LogP contribution in [-0.2, 0) is 11.3 Å². The second kappa shape index (κ2) is 7.50. The normalized spacial score (nSPS) is 18.3. The zero-order valence-corrected chi connectivity index (χ0v) is 15.7. The highest BCUT2D eigenvalue weighted by atomic mass is 32.2. The minimum atomic E-state index is -2.71. The molecular weight excluding hydrogens is 411 g/mol. The summed E-state index contributed by atoms with van der Waals surface area (Å²) in [5.74, 6) is -1.10. The number of primary amides is 1. The largest absolute Gasteiger partial charge is 0.488 e. The average Bonchev–Trinajstić information content (AvgIpc) is 3.20. The first-order valence-corrected chi connectivity index (χ1v) is 9.64. The fourth-order valence-electron chi connectivity index (χ4n) is 3.23. The predicted octanol–water partition coefficient (Wildman–Crippen LogP) is 2.29. The van der Waals surface area contributed by atoms with Crippen LogP contribution in [0.3, 0.4) is 0 Å². The molecule has 1 saturated heterocycles. The molecule has 3 heterocycles. The van der Waals surface area contributed by atoms with Gasteiger partial charge in [0.15, 0.2) is 17.4 Å². The molecule has 12 heteroatoms. The zero-order valence-electron chi connectivity index (χ0n) is 14.9. The highest BCUT2D eigenvalue weighted by molar-refractivity contribution is 8.14. The van der Waals surface area contributed by atoms with E-state index < -0.39 is 29.4 Å². The molecule has 0 spiro atoms. The number of hydrogen-bond acceptors (Lipinski definition) is 6. The number of rotatable bonds is 5. The Bertz CT molecular complexity index is 983. The van der Waals surface area contributed by atoms with Crippen LogP contribution < -0.4 is 20.7 Å². The summed E-state index contributed by atoms with van der Waals surface area (Å²) in [6, 6.07) is 1.68. The van der Waals surface area contributed by atoms with Crippen molar-refractivity contribution in [2.24, 2.45) is 5.73 Å². The molecule has 2 aliphatic heterocycles. The molecule has 29 heavy (non-hydrogen) atoms. The van der Waals surface area contributed by atoms with Gasteiger partial charge >= 0.3 is 0 Å². The minimum Gasteiger partial charge on any atom is -0.488 e. The molecule has 1 atom stereocenters. The van der Waals surface area contributed by atoms with E-state index in [1.54, 1.807) is 10.6 Å². The van der Waals surface area contributed by atoms with Gasteiger partial charge in [-0.1, -0.05) is 11.8 Å². The second-order valence-electron chi connectivity index (χ2n) is 6.44. The summed E-state index contributed by atoms with van der Waals surface area (Å²) in [5.41, 5.74) is 5.41. The van der Waals surface area contributed by atoms with E-state index in [9.17, 15) is 22.8 Å². The Morgan fingerprint density at radius 1 is 1.45 bits per heavy atom. The number of fused-ring (bicyclic) bond motifs is 3. The number of aromatic nitrogens is 2. The van der Waals surface area contributed by atoms with Gasteiger partial charge in [-0.15, -0.1) is 0 Å². The van der Waals surface area contributed by atoms with E-state index in [2.05, 4.69) is 10.3 Å². The molecule has 0 aliphatic carbocycles. The number of halogens is 3. The Morgan fingerprint density at radius 3 is 2.97 bits per heavy atom. The van der Waals surface area contributed by atoms with Crippen molar-refractivity contribution in [3.05, 3.63) is 24.1 Å². The molecule has 2 amide bonds. The quantitative estimate of drug-likeness (QED) is 0.759. The zero-order chi connectivity index (χ0) is 20.7. The van der Waals surface area contributed by atoms with Gasteiger partial charge in [-0.25, -0.2) is 18.2 Å². The fraction of sp³-hybridized carbons (Fsp3) is 0.353. The van der Waals surface area contributed by atoms with Crippen LogP contribution in [0.1, 0.15) is 0 Å². The smallest absolute Gasteiger partial charge is 0.287 e. The first kappa shape index (κ1) is 19.4. The Balaban J connectivity index is 1.73. The summed E-state index contributed by atoms with van der Waals surface area (Å²) in [7, 11) is 0. The number of benzene rings is 1. The highest BCUT2D eigenvalue weighted by Gasteiger charge is 2.40. The number of anilines is 2. The number of carbonyl (C=O) groups is 2. The van der Waals surface area contributed by atoms with Gasteiger partial charge in [0.2, 0.25) is 5.91 Å². The number of thioether (sulfide) groups is 1. The highest BCUT2D eigenvalue weighted by Crippen LogP contribution is 2.40. The Hall–Kier alpha value is -2.89. The SMILES string of the molecule is NC(=O)CNc1ccc2c(c1F)OCCn1cc(N3C(=O)SCC3C(F)F)nc1-2. The number of hydrogen-bond donors (Lipinski definition) is 2. The first-order chi connectivity index (χ1) is 13.9. The van der Waals surface area contributed by atoms with Gasteiger partial charge in [0.25, 0.3) is 11.7 Å². The van der Waals surface area contributed by atoms with E-state index in [1.165, 1.54) is 12.3 Å². The van der Waals surface area contributed by atoms with Crippen molar-refractivity contribution in [2.45, 2.75) is 19.0 Å². The molecule has 4 rings (SSSR count). The third kappa shape index (κ3) is 3.48. The van der Waals surface area contributed by atoms with E-state index in [1.807, 2.05) is 0 Å². The van der Waals surface area contributed by atoms with E-state index in [4.69, 9.17) is 10.5 Å². The lowest BCUT2D eigenvalue weighted by Gasteiger charge is -2.20. The molecule has 2 aromatic rings. The molecule has 2 aliphatic rings. The molecule has 0 radical (unpaired) electrons. The van der Waals surface area contributed by atoms with Gasteiger partial charge in [0.1, 0.15) is 18.5 Å². The number of nitrogens with one attached hydrogen (secondary N) is 1. The number of amides is 2. The maximum Gasteiger partial charge on any atom is 0.287 e. The van der Waals surface area contributed by atoms with E-state index >= 15 is 0 Å². The summed E-state index contributed by atoms with van der Waals surface area (Å²) in [4.78, 5) is 28.4. The van der Waals surface area contributed by atoms with Gasteiger partial charge in [-0.3, -0.25) is 14.5 Å². The molecular formula is C17H16F3N5O3S. The monoisotopic (exact) mass is 427 g/mol. The van der Waals surface area contributed by atoms with Crippen molar-refractivity contribution in [3.63, 3.8) is 0 Å². The molecule has 0 bridgehead atoms. The van der Waals surface area contributed by atoms with Crippen molar-refractivity contribution < 1.29 is 27.5 Å². The lowest BCUT2D eigenvalue weighted by atomic mass is 10.1. The molecule has 8 nitrogen and oxygen atoms in total. The van der Waals surface area contributed by atoms with Gasteiger partial charge in [-0.05, 0) is 12.1 Å². The van der Waals surface area contributed by atoms with Gasteiger partial charge in [0.05, 0.1) is 24.3 Å².